The lowest BCUT2D eigenvalue weighted by Gasteiger charge is -2.26. The molecule has 0 aromatic carbocycles. The van der Waals surface area contributed by atoms with Gasteiger partial charge < -0.3 is 19.8 Å². The van der Waals surface area contributed by atoms with Crippen molar-refractivity contribution in [1.82, 2.24) is 4.90 Å². The summed E-state index contributed by atoms with van der Waals surface area (Å²) < 4.78 is 5.30. The van der Waals surface area contributed by atoms with Crippen LogP contribution in [0.4, 0.5) is 0 Å². The van der Waals surface area contributed by atoms with Crippen molar-refractivity contribution in [1.29, 1.82) is 0 Å². The number of ether oxygens (including phenoxy) is 1. The summed E-state index contributed by atoms with van der Waals surface area (Å²) in [7, 11) is 0. The summed E-state index contributed by atoms with van der Waals surface area (Å²) in [6.45, 7) is 4.92. The second-order valence-electron chi connectivity index (χ2n) is 8.98. The first-order valence-corrected chi connectivity index (χ1v) is 12.9. The molecular weight excluding hydrogens is 398 g/mol. The number of unbranched alkanes of at least 4 members (excludes halogenated alkanes) is 2. The minimum Gasteiger partial charge on any atom is -0.392 e. The molecule has 6 heteroatoms. The summed E-state index contributed by atoms with van der Waals surface area (Å²) in [5, 5.41) is 20.7. The van der Waals surface area contributed by atoms with Crippen LogP contribution in [0.15, 0.2) is 23.8 Å². The number of carbonyl (C=O) groups is 1. The van der Waals surface area contributed by atoms with Crippen LogP contribution >= 0.6 is 11.8 Å². The smallest absolute Gasteiger partial charge is 0.232 e. The first kappa shape index (κ1) is 23.8. The SMILES string of the molecule is CCCCC[C@H](O)C=C[C@@H]1[C@H]2CC(CCSCC(=O)N3CCOCC3)=C[C@H]2C[C@H]1O. The Hall–Kier alpha value is -0.820. The Balaban J connectivity index is 1.37. The number of rotatable bonds is 11. The lowest BCUT2D eigenvalue weighted by atomic mass is 9.88. The molecule has 1 heterocycles. The Bertz CT molecular complexity index is 602. The van der Waals surface area contributed by atoms with Gasteiger partial charge in [0, 0.05) is 19.0 Å². The van der Waals surface area contributed by atoms with E-state index >= 15 is 0 Å². The number of hydrogen-bond acceptors (Lipinski definition) is 5. The molecule has 2 N–H and O–H groups in total. The van der Waals surface area contributed by atoms with Crippen LogP contribution in [0, 0.1) is 17.8 Å². The predicted molar refractivity (Wildman–Crippen MR) is 122 cm³/mol. The molecule has 0 unspecified atom stereocenters. The third-order valence-corrected chi connectivity index (χ3v) is 7.71. The number of morpholine rings is 1. The van der Waals surface area contributed by atoms with Crippen LogP contribution in [0.1, 0.15) is 51.9 Å². The molecule has 0 aromatic rings. The maximum absolute atomic E-state index is 12.2. The van der Waals surface area contributed by atoms with Crippen molar-refractivity contribution in [2.45, 2.75) is 64.1 Å². The number of thioether (sulfide) groups is 1. The second kappa shape index (κ2) is 12.3. The van der Waals surface area contributed by atoms with Crippen LogP contribution < -0.4 is 0 Å². The normalized spacial score (nSPS) is 30.0. The van der Waals surface area contributed by atoms with Crippen molar-refractivity contribution in [3.63, 3.8) is 0 Å². The standard InChI is InChI=1S/C24H39NO4S/c1-2-3-4-5-20(26)6-7-21-22-15-18(14-19(22)16-23(21)27)8-13-30-17-24(28)25-9-11-29-12-10-25/h6-7,14,19-23,26-27H,2-5,8-13,15-17H2,1H3/t19-,20-,21+,22-,23+/m0/s1. The van der Waals surface area contributed by atoms with Crippen molar-refractivity contribution in [2.24, 2.45) is 17.8 Å². The molecule has 5 atom stereocenters. The van der Waals surface area contributed by atoms with Crippen molar-refractivity contribution in [3.8, 4) is 0 Å². The minimum atomic E-state index is -0.392. The molecule has 0 bridgehead atoms. The Morgan fingerprint density at radius 2 is 2.17 bits per heavy atom. The zero-order chi connectivity index (χ0) is 21.3. The molecule has 3 rings (SSSR count). The summed E-state index contributed by atoms with van der Waals surface area (Å²) in [5.74, 6) is 2.84. The maximum atomic E-state index is 12.2. The van der Waals surface area contributed by atoms with E-state index in [0.717, 1.165) is 63.8 Å². The number of nitrogens with zero attached hydrogens (tertiary/aromatic N) is 1. The van der Waals surface area contributed by atoms with Gasteiger partial charge in [-0.3, -0.25) is 4.79 Å². The van der Waals surface area contributed by atoms with Crippen LogP contribution in [0.5, 0.6) is 0 Å². The van der Waals surface area contributed by atoms with Gasteiger partial charge in [-0.2, -0.15) is 11.8 Å². The lowest BCUT2D eigenvalue weighted by molar-refractivity contribution is -0.132. The summed E-state index contributed by atoms with van der Waals surface area (Å²) >= 11 is 1.73. The Labute approximate surface area is 185 Å². The predicted octanol–water partition coefficient (Wildman–Crippen LogP) is 3.41. The Morgan fingerprint density at radius 1 is 1.37 bits per heavy atom. The topological polar surface area (TPSA) is 70.0 Å². The summed E-state index contributed by atoms with van der Waals surface area (Å²) in [5.41, 5.74) is 1.48. The van der Waals surface area contributed by atoms with Gasteiger partial charge in [-0.15, -0.1) is 0 Å². The van der Waals surface area contributed by atoms with Gasteiger partial charge in [0.25, 0.3) is 0 Å². The molecule has 1 saturated carbocycles. The molecular formula is C24H39NO4S. The molecule has 1 saturated heterocycles. The first-order valence-electron chi connectivity index (χ1n) is 11.8. The number of amides is 1. The average Bonchev–Trinajstić information content (AvgIpc) is 3.26. The van der Waals surface area contributed by atoms with E-state index in [2.05, 4.69) is 19.1 Å². The fourth-order valence-corrected chi connectivity index (χ4v) is 5.92. The van der Waals surface area contributed by atoms with Crippen molar-refractivity contribution in [2.75, 3.05) is 37.8 Å². The highest BCUT2D eigenvalue weighted by atomic mass is 32.2. The number of hydrogen-bond donors (Lipinski definition) is 2. The molecule has 5 nitrogen and oxygen atoms in total. The second-order valence-corrected chi connectivity index (χ2v) is 10.1. The van der Waals surface area contributed by atoms with Crippen LogP contribution in [0.25, 0.3) is 0 Å². The van der Waals surface area contributed by atoms with Gasteiger partial charge in [0.05, 0.1) is 31.2 Å². The van der Waals surface area contributed by atoms with Gasteiger partial charge in [-0.1, -0.05) is 50.0 Å². The van der Waals surface area contributed by atoms with E-state index in [1.807, 2.05) is 11.0 Å². The number of carbonyl (C=O) groups excluding carboxylic acids is 1. The highest BCUT2D eigenvalue weighted by Gasteiger charge is 2.43. The Kier molecular flexibility index (Phi) is 9.75. The maximum Gasteiger partial charge on any atom is 0.232 e. The molecule has 3 aliphatic rings. The van der Waals surface area contributed by atoms with E-state index in [9.17, 15) is 15.0 Å². The molecule has 1 amide bonds. The Morgan fingerprint density at radius 3 is 2.93 bits per heavy atom. The molecule has 0 radical (unpaired) electrons. The zero-order valence-corrected chi connectivity index (χ0v) is 19.2. The molecule has 0 spiro atoms. The number of aliphatic hydroxyl groups is 2. The molecule has 30 heavy (non-hydrogen) atoms. The molecule has 2 aliphatic carbocycles. The van der Waals surface area contributed by atoms with Gasteiger partial charge in [-0.05, 0) is 43.3 Å². The van der Waals surface area contributed by atoms with Crippen LogP contribution in [0.2, 0.25) is 0 Å². The van der Waals surface area contributed by atoms with Crippen molar-refractivity contribution >= 4 is 17.7 Å². The van der Waals surface area contributed by atoms with Gasteiger partial charge in [0.2, 0.25) is 5.91 Å². The summed E-state index contributed by atoms with van der Waals surface area (Å²) in [6.07, 6.45) is 12.8. The van der Waals surface area contributed by atoms with Crippen molar-refractivity contribution in [3.05, 3.63) is 23.8 Å². The third-order valence-electron chi connectivity index (χ3n) is 6.77. The number of aliphatic hydroxyl groups excluding tert-OH is 2. The molecule has 0 aromatic heterocycles. The van der Waals surface area contributed by atoms with Crippen LogP contribution in [-0.4, -0.2) is 71.0 Å². The highest BCUT2D eigenvalue weighted by molar-refractivity contribution is 7.99. The lowest BCUT2D eigenvalue weighted by Crippen LogP contribution is -2.41. The fraction of sp³-hybridized carbons (Fsp3) is 0.792. The summed E-state index contributed by atoms with van der Waals surface area (Å²) in [6, 6.07) is 0. The first-order chi connectivity index (χ1) is 14.6. The van der Waals surface area contributed by atoms with E-state index in [4.69, 9.17) is 4.74 Å². The van der Waals surface area contributed by atoms with Gasteiger partial charge in [0.1, 0.15) is 0 Å². The number of allylic oxidation sites excluding steroid dienone is 2. The van der Waals surface area contributed by atoms with E-state index in [1.54, 1.807) is 11.8 Å². The quantitative estimate of drug-likeness (QED) is 0.383. The van der Waals surface area contributed by atoms with Gasteiger partial charge in [-0.25, -0.2) is 0 Å². The van der Waals surface area contributed by atoms with E-state index < -0.39 is 6.10 Å². The minimum absolute atomic E-state index is 0.153. The molecule has 2 fully saturated rings. The fourth-order valence-electron chi connectivity index (χ4n) is 5.01. The van der Waals surface area contributed by atoms with Gasteiger partial charge >= 0.3 is 0 Å². The molecule has 1 aliphatic heterocycles. The van der Waals surface area contributed by atoms with E-state index in [0.29, 0.717) is 30.8 Å². The van der Waals surface area contributed by atoms with E-state index in [1.165, 1.54) is 5.57 Å². The van der Waals surface area contributed by atoms with Crippen molar-refractivity contribution < 1.29 is 19.7 Å². The highest BCUT2D eigenvalue weighted by Crippen LogP contribution is 2.48. The third kappa shape index (κ3) is 6.84. The average molecular weight is 438 g/mol. The zero-order valence-electron chi connectivity index (χ0n) is 18.4. The summed E-state index contributed by atoms with van der Waals surface area (Å²) in [4.78, 5) is 14.1. The monoisotopic (exact) mass is 437 g/mol. The number of fused-ring (bicyclic) bond motifs is 1. The van der Waals surface area contributed by atoms with Gasteiger partial charge in [0.15, 0.2) is 0 Å². The largest absolute Gasteiger partial charge is 0.392 e. The molecule has 170 valence electrons. The van der Waals surface area contributed by atoms with Crippen LogP contribution in [0.3, 0.4) is 0 Å². The van der Waals surface area contributed by atoms with Crippen LogP contribution in [-0.2, 0) is 9.53 Å². The van der Waals surface area contributed by atoms with E-state index in [-0.39, 0.29) is 17.9 Å².